The van der Waals surface area contributed by atoms with Crippen molar-refractivity contribution in [2.45, 2.75) is 6.42 Å². The molecule has 0 atom stereocenters. The Hall–Kier alpha value is -0.240. The molecule has 38 valence electrons. The number of allylic oxidation sites excluding steroid dienone is 1. The van der Waals surface area contributed by atoms with E-state index in [0.717, 1.165) is 17.9 Å². The minimum Gasteiger partial charge on any atom is -0.305 e. The van der Waals surface area contributed by atoms with Gasteiger partial charge in [-0.15, -0.1) is 11.8 Å². The average molecular weight is 113 g/mol. The molecular weight excluding hydrogens is 106 g/mol. The van der Waals surface area contributed by atoms with Crippen molar-refractivity contribution in [1.82, 2.24) is 0 Å². The van der Waals surface area contributed by atoms with Gasteiger partial charge in [0.25, 0.3) is 0 Å². The maximum Gasteiger partial charge on any atom is 0.0327 e. The Morgan fingerprint density at radius 1 is 1.71 bits per heavy atom. The molecule has 1 heterocycles. The zero-order valence-electron chi connectivity index (χ0n) is 3.98. The minimum atomic E-state index is 0.763. The maximum atomic E-state index is 7.09. The van der Waals surface area contributed by atoms with E-state index in [2.05, 4.69) is 0 Å². The molecule has 7 heavy (non-hydrogen) atoms. The first-order valence-electron chi connectivity index (χ1n) is 2.25. The van der Waals surface area contributed by atoms with Gasteiger partial charge in [0.2, 0.25) is 0 Å². The second-order valence-corrected chi connectivity index (χ2v) is 2.46. The Kier molecular flexibility index (Phi) is 1.52. The van der Waals surface area contributed by atoms with Crippen molar-refractivity contribution in [2.75, 3.05) is 5.75 Å². The lowest BCUT2D eigenvalue weighted by Crippen LogP contribution is -1.95. The zero-order valence-corrected chi connectivity index (χ0v) is 4.79. The normalized spacial score (nSPS) is 20.3. The van der Waals surface area contributed by atoms with Crippen molar-refractivity contribution in [1.29, 1.82) is 5.41 Å². The summed E-state index contributed by atoms with van der Waals surface area (Å²) in [5, 5.41) is 9.07. The van der Waals surface area contributed by atoms with E-state index in [9.17, 15) is 0 Å². The third kappa shape index (κ3) is 1.35. The fourth-order valence-electron chi connectivity index (χ4n) is 0.451. The molecule has 1 N–H and O–H groups in total. The first-order chi connectivity index (χ1) is 3.39. The van der Waals surface area contributed by atoms with Gasteiger partial charge < -0.3 is 5.41 Å². The summed E-state index contributed by atoms with van der Waals surface area (Å²) in [5.74, 6) is 1.09. The number of rotatable bonds is 0. The van der Waals surface area contributed by atoms with Crippen LogP contribution in [-0.2, 0) is 0 Å². The van der Waals surface area contributed by atoms with Crippen LogP contribution >= 0.6 is 11.8 Å². The lowest BCUT2D eigenvalue weighted by molar-refractivity contribution is 1.27. The van der Waals surface area contributed by atoms with Crippen molar-refractivity contribution in [3.05, 3.63) is 11.5 Å². The Morgan fingerprint density at radius 3 is 2.86 bits per heavy atom. The SMILES string of the molecule is N=C1C=CSCC1. The molecule has 1 rings (SSSR count). The topological polar surface area (TPSA) is 23.9 Å². The van der Waals surface area contributed by atoms with Crippen LogP contribution in [0, 0.1) is 5.41 Å². The van der Waals surface area contributed by atoms with Gasteiger partial charge in [0.1, 0.15) is 0 Å². The van der Waals surface area contributed by atoms with Crippen LogP contribution in [0.3, 0.4) is 0 Å². The molecular formula is C5H7NS. The summed E-state index contributed by atoms with van der Waals surface area (Å²) in [7, 11) is 0. The molecule has 1 aliphatic rings. The summed E-state index contributed by atoms with van der Waals surface area (Å²) in [6.07, 6.45) is 2.80. The molecule has 0 spiro atoms. The van der Waals surface area contributed by atoms with Crippen LogP contribution in [0.15, 0.2) is 11.5 Å². The smallest absolute Gasteiger partial charge is 0.0327 e. The van der Waals surface area contributed by atoms with E-state index < -0.39 is 0 Å². The maximum absolute atomic E-state index is 7.09. The van der Waals surface area contributed by atoms with Gasteiger partial charge in [-0.1, -0.05) is 0 Å². The van der Waals surface area contributed by atoms with Crippen LogP contribution in [0.25, 0.3) is 0 Å². The lowest BCUT2D eigenvalue weighted by atomic mass is 10.3. The Morgan fingerprint density at radius 2 is 2.57 bits per heavy atom. The molecule has 0 aromatic rings. The van der Waals surface area contributed by atoms with Gasteiger partial charge in [0, 0.05) is 11.5 Å². The van der Waals surface area contributed by atoms with E-state index in [1.165, 1.54) is 0 Å². The molecule has 2 heteroatoms. The van der Waals surface area contributed by atoms with E-state index in [1.807, 2.05) is 11.5 Å². The monoisotopic (exact) mass is 113 g/mol. The van der Waals surface area contributed by atoms with Crippen LogP contribution in [0.4, 0.5) is 0 Å². The van der Waals surface area contributed by atoms with E-state index >= 15 is 0 Å². The number of nitrogens with one attached hydrogen (secondary N) is 1. The third-order valence-corrected chi connectivity index (χ3v) is 1.62. The predicted octanol–water partition coefficient (Wildman–Crippen LogP) is 1.66. The summed E-state index contributed by atoms with van der Waals surface area (Å²) < 4.78 is 0. The van der Waals surface area contributed by atoms with Gasteiger partial charge in [-0.05, 0) is 17.9 Å². The highest BCUT2D eigenvalue weighted by atomic mass is 32.2. The molecule has 0 bridgehead atoms. The average Bonchev–Trinajstić information content (AvgIpc) is 1.69. The summed E-state index contributed by atoms with van der Waals surface area (Å²) in [6, 6.07) is 0. The largest absolute Gasteiger partial charge is 0.305 e. The molecule has 0 saturated carbocycles. The lowest BCUT2D eigenvalue weighted by Gasteiger charge is -2.00. The highest BCUT2D eigenvalue weighted by Crippen LogP contribution is 2.10. The first kappa shape index (κ1) is 4.91. The molecule has 0 aromatic heterocycles. The molecule has 1 nitrogen and oxygen atoms in total. The van der Waals surface area contributed by atoms with Crippen molar-refractivity contribution in [3.63, 3.8) is 0 Å². The second-order valence-electron chi connectivity index (χ2n) is 1.45. The van der Waals surface area contributed by atoms with Crippen molar-refractivity contribution in [3.8, 4) is 0 Å². The summed E-state index contributed by atoms with van der Waals surface area (Å²) in [5.41, 5.74) is 0.763. The summed E-state index contributed by atoms with van der Waals surface area (Å²) in [4.78, 5) is 0. The van der Waals surface area contributed by atoms with E-state index in [0.29, 0.717) is 0 Å². The predicted molar refractivity (Wildman–Crippen MR) is 33.9 cm³/mol. The van der Waals surface area contributed by atoms with Gasteiger partial charge in [-0.25, -0.2) is 0 Å². The number of thioether (sulfide) groups is 1. The van der Waals surface area contributed by atoms with Crippen molar-refractivity contribution in [2.24, 2.45) is 0 Å². The third-order valence-electron chi connectivity index (χ3n) is 0.855. The van der Waals surface area contributed by atoms with Crippen LogP contribution in [0.5, 0.6) is 0 Å². The minimum absolute atomic E-state index is 0.763. The van der Waals surface area contributed by atoms with E-state index in [-0.39, 0.29) is 0 Å². The molecule has 0 fully saturated rings. The molecule has 1 aliphatic heterocycles. The molecule has 0 radical (unpaired) electrons. The Bertz CT molecular complexity index is 107. The second kappa shape index (κ2) is 2.17. The summed E-state index contributed by atoms with van der Waals surface area (Å²) >= 11 is 1.78. The van der Waals surface area contributed by atoms with Crippen LogP contribution < -0.4 is 0 Å². The zero-order chi connectivity index (χ0) is 5.11. The van der Waals surface area contributed by atoms with E-state index in [4.69, 9.17) is 5.41 Å². The Labute approximate surface area is 47.3 Å². The van der Waals surface area contributed by atoms with Gasteiger partial charge in [0.05, 0.1) is 0 Å². The summed E-state index contributed by atoms with van der Waals surface area (Å²) in [6.45, 7) is 0. The molecule has 0 aromatic carbocycles. The number of hydrogen-bond acceptors (Lipinski definition) is 2. The quantitative estimate of drug-likeness (QED) is 0.507. The molecule has 0 unspecified atom stereocenters. The highest BCUT2D eigenvalue weighted by molar-refractivity contribution is 8.02. The van der Waals surface area contributed by atoms with Gasteiger partial charge in [0.15, 0.2) is 0 Å². The van der Waals surface area contributed by atoms with Gasteiger partial charge in [-0.3, -0.25) is 0 Å². The van der Waals surface area contributed by atoms with Crippen LogP contribution in [-0.4, -0.2) is 11.5 Å². The van der Waals surface area contributed by atoms with Crippen molar-refractivity contribution < 1.29 is 0 Å². The first-order valence-corrected chi connectivity index (χ1v) is 3.30. The fourth-order valence-corrected chi connectivity index (χ4v) is 1.18. The molecule has 0 saturated heterocycles. The van der Waals surface area contributed by atoms with Crippen LogP contribution in [0.2, 0.25) is 0 Å². The molecule has 0 amide bonds. The highest BCUT2D eigenvalue weighted by Gasteiger charge is 1.95. The molecule has 0 aliphatic carbocycles. The standard InChI is InChI=1S/C5H7NS/c6-5-1-3-7-4-2-5/h1,3,6H,2,4H2. The van der Waals surface area contributed by atoms with Crippen molar-refractivity contribution >= 4 is 17.5 Å². The number of hydrogen-bond donors (Lipinski definition) is 1. The van der Waals surface area contributed by atoms with Crippen LogP contribution in [0.1, 0.15) is 6.42 Å². The van der Waals surface area contributed by atoms with E-state index in [1.54, 1.807) is 11.8 Å². The van der Waals surface area contributed by atoms with Gasteiger partial charge in [-0.2, -0.15) is 0 Å². The Balaban J connectivity index is 2.51. The van der Waals surface area contributed by atoms with Gasteiger partial charge >= 0.3 is 0 Å². The fraction of sp³-hybridized carbons (Fsp3) is 0.400.